The maximum Gasteiger partial charge on any atom is 0.441 e. The zero-order chi connectivity index (χ0) is 9.50. The molecule has 0 fully saturated rings. The fourth-order valence-electron chi connectivity index (χ4n) is 0.165. The van der Waals surface area contributed by atoms with Crippen molar-refractivity contribution in [3.8, 4) is 0 Å². The van der Waals surface area contributed by atoms with Crippen LogP contribution in [0.3, 0.4) is 0 Å². The van der Waals surface area contributed by atoms with Gasteiger partial charge in [-0.3, -0.25) is 0 Å². The number of hydrogen-bond donors (Lipinski definition) is 0. The third-order valence-electron chi connectivity index (χ3n) is 0.722. The highest BCUT2D eigenvalue weighted by Crippen LogP contribution is 2.45. The fraction of sp³-hybridized carbons (Fsp3) is 1.00. The highest BCUT2D eigenvalue weighted by Gasteiger charge is 2.65. The maximum absolute atomic E-state index is 11.7. The van der Waals surface area contributed by atoms with Crippen LogP contribution in [0, 0.1) is 0 Å². The first-order valence-electron chi connectivity index (χ1n) is 2.03. The van der Waals surface area contributed by atoms with Crippen molar-refractivity contribution in [1.82, 2.24) is 0 Å². The van der Waals surface area contributed by atoms with Crippen LogP contribution in [0.4, 0.5) is 26.3 Å². The van der Waals surface area contributed by atoms with Crippen LogP contribution in [0.5, 0.6) is 0 Å². The second-order valence-electron chi connectivity index (χ2n) is 1.59. The molecule has 0 rings (SSSR count). The van der Waals surface area contributed by atoms with Gasteiger partial charge in [0.1, 0.15) is 0 Å². The fourth-order valence-corrected chi connectivity index (χ4v) is 0.165. The molecule has 0 aliphatic heterocycles. The van der Waals surface area contributed by atoms with Gasteiger partial charge in [-0.25, -0.2) is 13.2 Å². The summed E-state index contributed by atoms with van der Waals surface area (Å²) < 4.78 is 67.5. The SMILES string of the molecule is [O-]C(F)(F)C(F)(Cl)C(F)(F)F. The van der Waals surface area contributed by atoms with Gasteiger partial charge in [-0.05, 0) is 0 Å². The third kappa shape index (κ3) is 1.90. The molecule has 0 radical (unpaired) electrons. The Balaban J connectivity index is 4.75. The molecule has 8 heteroatoms. The molecule has 0 aliphatic carbocycles. The van der Waals surface area contributed by atoms with Gasteiger partial charge in [-0.1, -0.05) is 11.6 Å². The van der Waals surface area contributed by atoms with Gasteiger partial charge in [0.2, 0.25) is 6.11 Å². The third-order valence-corrected chi connectivity index (χ3v) is 1.16. The van der Waals surface area contributed by atoms with Gasteiger partial charge in [0, 0.05) is 0 Å². The van der Waals surface area contributed by atoms with Gasteiger partial charge in [0.05, 0.1) is 0 Å². The Morgan fingerprint density at radius 3 is 1.18 bits per heavy atom. The first-order chi connectivity index (χ1) is 4.50. The second kappa shape index (κ2) is 2.41. The maximum atomic E-state index is 11.7. The van der Waals surface area contributed by atoms with Gasteiger partial charge in [0.25, 0.3) is 0 Å². The molecule has 0 saturated heterocycles. The lowest BCUT2D eigenvalue weighted by atomic mass is 10.3. The molecule has 0 amide bonds. The van der Waals surface area contributed by atoms with E-state index in [-0.39, 0.29) is 0 Å². The smallest absolute Gasteiger partial charge is 0.441 e. The topological polar surface area (TPSA) is 23.1 Å². The zero-order valence-electron chi connectivity index (χ0n) is 4.55. The predicted molar refractivity (Wildman–Crippen MR) is 20.7 cm³/mol. The van der Waals surface area contributed by atoms with Crippen LogP contribution < -0.4 is 5.11 Å². The first kappa shape index (κ1) is 10.8. The van der Waals surface area contributed by atoms with E-state index in [2.05, 4.69) is 11.6 Å². The molecule has 11 heavy (non-hydrogen) atoms. The molecule has 1 nitrogen and oxygen atoms in total. The number of rotatable bonds is 1. The largest absolute Gasteiger partial charge is 0.794 e. The predicted octanol–water partition coefficient (Wildman–Crippen LogP) is 1.41. The zero-order valence-corrected chi connectivity index (χ0v) is 5.31. The Kier molecular flexibility index (Phi) is 2.37. The summed E-state index contributed by atoms with van der Waals surface area (Å²) in [5.74, 6) is 0. The first-order valence-corrected chi connectivity index (χ1v) is 2.40. The summed E-state index contributed by atoms with van der Waals surface area (Å²) in [6.07, 6.45) is -12.0. The molecule has 0 saturated carbocycles. The lowest BCUT2D eigenvalue weighted by Crippen LogP contribution is -2.58. The summed E-state index contributed by atoms with van der Waals surface area (Å²) in [4.78, 5) is 0. The van der Waals surface area contributed by atoms with Gasteiger partial charge in [0.15, 0.2) is 0 Å². The summed E-state index contributed by atoms with van der Waals surface area (Å²) >= 11 is 3.63. The van der Waals surface area contributed by atoms with E-state index >= 15 is 0 Å². The summed E-state index contributed by atoms with van der Waals surface area (Å²) in [5, 5.41) is 3.67. The van der Waals surface area contributed by atoms with E-state index in [0.29, 0.717) is 0 Å². The average Bonchev–Trinajstić information content (AvgIpc) is 1.58. The minimum absolute atomic E-state index is 3.63. The van der Waals surface area contributed by atoms with Crippen molar-refractivity contribution in [2.45, 2.75) is 17.4 Å². The Labute approximate surface area is 61.6 Å². The van der Waals surface area contributed by atoms with Crippen molar-refractivity contribution in [3.05, 3.63) is 0 Å². The summed E-state index contributed by atoms with van der Waals surface area (Å²) in [5.41, 5.74) is 0. The molecule has 1 unspecified atom stereocenters. The number of halogens is 7. The van der Waals surface area contributed by atoms with Crippen LogP contribution in [-0.4, -0.2) is 17.4 Å². The van der Waals surface area contributed by atoms with E-state index in [1.807, 2.05) is 0 Å². The van der Waals surface area contributed by atoms with Crippen molar-refractivity contribution in [3.63, 3.8) is 0 Å². The lowest BCUT2D eigenvalue weighted by Gasteiger charge is -2.33. The van der Waals surface area contributed by atoms with Crippen LogP contribution in [0.15, 0.2) is 0 Å². The Morgan fingerprint density at radius 2 is 1.18 bits per heavy atom. The van der Waals surface area contributed by atoms with Crippen molar-refractivity contribution in [2.24, 2.45) is 0 Å². The molecule has 1 atom stereocenters. The minimum Gasteiger partial charge on any atom is -0.794 e. The van der Waals surface area contributed by atoms with Crippen LogP contribution in [0.1, 0.15) is 0 Å². The molecule has 68 valence electrons. The highest BCUT2D eigenvalue weighted by atomic mass is 35.5. The van der Waals surface area contributed by atoms with Gasteiger partial charge >= 0.3 is 11.3 Å². The Morgan fingerprint density at radius 1 is 0.909 bits per heavy atom. The van der Waals surface area contributed by atoms with Gasteiger partial charge in [-0.15, -0.1) is 0 Å². The van der Waals surface area contributed by atoms with Crippen LogP contribution >= 0.6 is 11.6 Å². The lowest BCUT2D eigenvalue weighted by molar-refractivity contribution is -0.602. The normalized spacial score (nSPS) is 19.6. The molecule has 0 N–H and O–H groups in total. The summed E-state index contributed by atoms with van der Waals surface area (Å²) in [7, 11) is 0. The number of hydrogen-bond acceptors (Lipinski definition) is 1. The molecule has 0 aromatic heterocycles. The van der Waals surface area contributed by atoms with Gasteiger partial charge < -0.3 is 5.11 Å². The molecular formula is C3ClF6O-. The van der Waals surface area contributed by atoms with E-state index < -0.39 is 17.4 Å². The summed E-state index contributed by atoms with van der Waals surface area (Å²) in [6.45, 7) is 0. The standard InChI is InChI=1S/C3ClF6O/c4-1(5,2(6,7)8)3(9,10)11/q-1. The van der Waals surface area contributed by atoms with E-state index in [4.69, 9.17) is 0 Å². The number of alkyl halides is 7. The van der Waals surface area contributed by atoms with Gasteiger partial charge in [-0.2, -0.15) is 13.2 Å². The van der Waals surface area contributed by atoms with E-state index in [1.165, 1.54) is 0 Å². The van der Waals surface area contributed by atoms with E-state index in [9.17, 15) is 31.4 Å². The quantitative estimate of drug-likeness (QED) is 0.465. The molecule has 0 heterocycles. The summed E-state index contributed by atoms with van der Waals surface area (Å²) in [6, 6.07) is 0. The van der Waals surface area contributed by atoms with Crippen molar-refractivity contribution < 1.29 is 31.4 Å². The van der Waals surface area contributed by atoms with Crippen molar-refractivity contribution >= 4 is 11.6 Å². The molecule has 0 aromatic rings. The van der Waals surface area contributed by atoms with Crippen molar-refractivity contribution in [1.29, 1.82) is 0 Å². The van der Waals surface area contributed by atoms with Crippen molar-refractivity contribution in [2.75, 3.05) is 0 Å². The molecule has 0 aromatic carbocycles. The average molecular weight is 201 g/mol. The Bertz CT molecular complexity index is 129. The van der Waals surface area contributed by atoms with E-state index in [1.54, 1.807) is 0 Å². The minimum atomic E-state index is -6.08. The highest BCUT2D eigenvalue weighted by molar-refractivity contribution is 6.23. The van der Waals surface area contributed by atoms with Crippen LogP contribution in [0.2, 0.25) is 0 Å². The molecule has 0 bridgehead atoms. The molecule has 0 spiro atoms. The molecular weight excluding hydrogens is 201 g/mol. The van der Waals surface area contributed by atoms with E-state index in [0.717, 1.165) is 0 Å². The second-order valence-corrected chi connectivity index (χ2v) is 2.11. The Hall–Kier alpha value is -0.170. The molecule has 0 aliphatic rings. The van der Waals surface area contributed by atoms with Crippen LogP contribution in [-0.2, 0) is 0 Å². The van der Waals surface area contributed by atoms with Crippen LogP contribution in [0.25, 0.3) is 0 Å². The monoisotopic (exact) mass is 201 g/mol.